The molecule has 2 aliphatic rings. The van der Waals surface area contributed by atoms with Crippen LogP contribution in [0.4, 0.5) is 0 Å². The van der Waals surface area contributed by atoms with Gasteiger partial charge in [0.1, 0.15) is 0 Å². The molecule has 0 amide bonds. The number of ether oxygens (including phenoxy) is 1. The van der Waals surface area contributed by atoms with Crippen molar-refractivity contribution in [3.05, 3.63) is 0 Å². The van der Waals surface area contributed by atoms with Gasteiger partial charge in [0, 0.05) is 11.8 Å². The molecule has 3 nitrogen and oxygen atoms in total. The van der Waals surface area contributed by atoms with Crippen molar-refractivity contribution in [3.63, 3.8) is 0 Å². The molecular weight excluding hydrogens is 192 g/mol. The Morgan fingerprint density at radius 3 is 1.80 bits per heavy atom. The van der Waals surface area contributed by atoms with Gasteiger partial charge < -0.3 is 4.74 Å². The second-order valence-corrected chi connectivity index (χ2v) is 6.19. The van der Waals surface area contributed by atoms with E-state index in [-0.39, 0.29) is 28.8 Å². The zero-order valence-corrected chi connectivity index (χ0v) is 9.96. The van der Waals surface area contributed by atoms with Gasteiger partial charge in [-0.1, -0.05) is 13.8 Å². The quantitative estimate of drug-likeness (QED) is 0.617. The molecule has 0 aliphatic heterocycles. The van der Waals surface area contributed by atoms with Crippen LogP contribution in [0.15, 0.2) is 0 Å². The van der Waals surface area contributed by atoms with Gasteiger partial charge in [-0.15, -0.1) is 0 Å². The maximum atomic E-state index is 11.9. The summed E-state index contributed by atoms with van der Waals surface area (Å²) in [5.41, 5.74) is -0.553. The van der Waals surface area contributed by atoms with Crippen LogP contribution in [-0.4, -0.2) is 23.3 Å². The van der Waals surface area contributed by atoms with Gasteiger partial charge in [0.05, 0.1) is 5.60 Å². The van der Waals surface area contributed by atoms with Gasteiger partial charge in [-0.3, -0.25) is 9.59 Å². The largest absolute Gasteiger partial charge is 0.357 e. The van der Waals surface area contributed by atoms with Gasteiger partial charge in [-0.05, 0) is 26.2 Å². The maximum Gasteiger partial charge on any atom is 0.175 e. The average Bonchev–Trinajstić information content (AvgIpc) is 2.50. The van der Waals surface area contributed by atoms with Crippen molar-refractivity contribution >= 4 is 11.6 Å². The number of ketones is 2. The summed E-state index contributed by atoms with van der Waals surface area (Å²) < 4.78 is 5.52. The van der Waals surface area contributed by atoms with Crippen molar-refractivity contribution in [1.29, 1.82) is 0 Å². The van der Waals surface area contributed by atoms with Crippen molar-refractivity contribution in [2.45, 2.75) is 46.3 Å². The van der Waals surface area contributed by atoms with E-state index >= 15 is 0 Å². The minimum Gasteiger partial charge on any atom is -0.357 e. The van der Waals surface area contributed by atoms with E-state index in [0.717, 1.165) is 0 Å². The molecule has 3 heteroatoms. The first-order valence-corrected chi connectivity index (χ1v) is 5.41. The van der Waals surface area contributed by atoms with E-state index in [0.29, 0.717) is 0 Å². The Morgan fingerprint density at radius 1 is 1.07 bits per heavy atom. The molecule has 84 valence electrons. The number of fused-ring (bicyclic) bond motifs is 1. The Labute approximate surface area is 90.2 Å². The summed E-state index contributed by atoms with van der Waals surface area (Å²) in [7, 11) is 0. The van der Waals surface area contributed by atoms with E-state index in [1.807, 2.05) is 34.6 Å². The van der Waals surface area contributed by atoms with Gasteiger partial charge >= 0.3 is 0 Å². The van der Waals surface area contributed by atoms with Crippen LogP contribution in [0.5, 0.6) is 0 Å². The molecule has 0 aromatic rings. The lowest BCUT2D eigenvalue weighted by atomic mass is 9.97. The summed E-state index contributed by atoms with van der Waals surface area (Å²) in [6.45, 7) is 9.55. The predicted octanol–water partition coefficient (Wildman–Crippen LogP) is 1.59. The van der Waals surface area contributed by atoms with Crippen LogP contribution in [0.25, 0.3) is 0 Å². The Kier molecular flexibility index (Phi) is 1.94. The van der Waals surface area contributed by atoms with E-state index in [9.17, 15) is 9.59 Å². The molecule has 2 rings (SSSR count). The van der Waals surface area contributed by atoms with Gasteiger partial charge in [0.2, 0.25) is 0 Å². The van der Waals surface area contributed by atoms with Crippen LogP contribution in [-0.2, 0) is 14.3 Å². The molecule has 2 aliphatic carbocycles. The first kappa shape index (κ1) is 10.8. The summed E-state index contributed by atoms with van der Waals surface area (Å²) >= 11 is 0. The minimum absolute atomic E-state index is 0.00933. The standard InChI is InChI=1S/C12H18O3/c1-11(2,3)15-10-8(13)6-7(9(10)14)12(6,4)5/h6-7,10H,1-5H3. The Bertz CT molecular complexity index is 311. The summed E-state index contributed by atoms with van der Waals surface area (Å²) in [6, 6.07) is 0. The second kappa shape index (κ2) is 2.70. The fourth-order valence-corrected chi connectivity index (χ4v) is 2.64. The summed E-state index contributed by atoms with van der Waals surface area (Å²) in [5.74, 6) is -0.190. The average molecular weight is 210 g/mol. The molecule has 0 bridgehead atoms. The lowest BCUT2D eigenvalue weighted by Crippen LogP contribution is -2.38. The number of carbonyl (C=O) groups excluding carboxylic acids is 2. The highest BCUT2D eigenvalue weighted by atomic mass is 16.5. The first-order valence-electron chi connectivity index (χ1n) is 5.41. The zero-order valence-electron chi connectivity index (χ0n) is 9.96. The summed E-state index contributed by atoms with van der Waals surface area (Å²) in [4.78, 5) is 23.8. The highest BCUT2D eigenvalue weighted by molar-refractivity contribution is 6.18. The molecule has 2 atom stereocenters. The molecule has 0 saturated heterocycles. The first-order chi connectivity index (χ1) is 6.66. The molecular formula is C12H18O3. The highest BCUT2D eigenvalue weighted by Gasteiger charge is 2.73. The third-order valence-corrected chi connectivity index (χ3v) is 3.43. The maximum absolute atomic E-state index is 11.9. The molecule has 2 unspecified atom stereocenters. The summed E-state index contributed by atoms with van der Waals surface area (Å²) in [5, 5.41) is 0. The van der Waals surface area contributed by atoms with E-state index in [1.54, 1.807) is 0 Å². The number of hydrogen-bond donors (Lipinski definition) is 0. The van der Waals surface area contributed by atoms with Crippen LogP contribution in [0.2, 0.25) is 0 Å². The number of Topliss-reactive ketones (excluding diaryl/α,β-unsaturated/α-hetero) is 2. The van der Waals surface area contributed by atoms with Crippen LogP contribution >= 0.6 is 0 Å². The lowest BCUT2D eigenvalue weighted by Gasteiger charge is -2.25. The van der Waals surface area contributed by atoms with Crippen molar-refractivity contribution < 1.29 is 14.3 Å². The number of rotatable bonds is 1. The highest BCUT2D eigenvalue weighted by Crippen LogP contribution is 2.63. The van der Waals surface area contributed by atoms with Crippen LogP contribution in [0.3, 0.4) is 0 Å². The van der Waals surface area contributed by atoms with Crippen LogP contribution in [0.1, 0.15) is 34.6 Å². The van der Waals surface area contributed by atoms with Gasteiger partial charge in [-0.25, -0.2) is 0 Å². The summed E-state index contributed by atoms with van der Waals surface area (Å²) in [6.07, 6.45) is -0.798. The molecule has 0 aromatic heterocycles. The number of hydrogen-bond acceptors (Lipinski definition) is 3. The Morgan fingerprint density at radius 2 is 1.47 bits per heavy atom. The van der Waals surface area contributed by atoms with Crippen LogP contribution in [0, 0.1) is 17.3 Å². The fourth-order valence-electron chi connectivity index (χ4n) is 2.64. The van der Waals surface area contributed by atoms with Crippen molar-refractivity contribution in [3.8, 4) is 0 Å². The molecule has 0 aromatic carbocycles. The van der Waals surface area contributed by atoms with Crippen molar-refractivity contribution in [1.82, 2.24) is 0 Å². The SMILES string of the molecule is CC(C)(C)OC1C(=O)C2C(C1=O)C2(C)C. The van der Waals surface area contributed by atoms with Crippen molar-refractivity contribution in [2.75, 3.05) is 0 Å². The predicted molar refractivity (Wildman–Crippen MR) is 55.4 cm³/mol. The lowest BCUT2D eigenvalue weighted by molar-refractivity contribution is -0.151. The normalized spacial score (nSPS) is 38.1. The third-order valence-electron chi connectivity index (χ3n) is 3.43. The van der Waals surface area contributed by atoms with E-state index in [1.165, 1.54) is 0 Å². The Balaban J connectivity index is 2.15. The van der Waals surface area contributed by atoms with E-state index < -0.39 is 11.7 Å². The topological polar surface area (TPSA) is 43.4 Å². The molecule has 15 heavy (non-hydrogen) atoms. The van der Waals surface area contributed by atoms with Crippen LogP contribution < -0.4 is 0 Å². The molecule has 2 fully saturated rings. The zero-order chi connectivity index (χ0) is 11.6. The van der Waals surface area contributed by atoms with Gasteiger partial charge in [0.15, 0.2) is 17.7 Å². The molecule has 2 saturated carbocycles. The second-order valence-electron chi connectivity index (χ2n) is 6.19. The fraction of sp³-hybridized carbons (Fsp3) is 0.833. The smallest absolute Gasteiger partial charge is 0.175 e. The monoisotopic (exact) mass is 210 g/mol. The third kappa shape index (κ3) is 1.44. The molecule has 0 N–H and O–H groups in total. The van der Waals surface area contributed by atoms with Gasteiger partial charge in [-0.2, -0.15) is 0 Å². The van der Waals surface area contributed by atoms with Gasteiger partial charge in [0.25, 0.3) is 0 Å². The Hall–Kier alpha value is -0.700. The van der Waals surface area contributed by atoms with E-state index in [4.69, 9.17) is 4.74 Å². The molecule has 0 spiro atoms. The van der Waals surface area contributed by atoms with Crippen molar-refractivity contribution in [2.24, 2.45) is 17.3 Å². The minimum atomic E-state index is -0.798. The molecule has 0 radical (unpaired) electrons. The number of carbonyl (C=O) groups is 2. The van der Waals surface area contributed by atoms with E-state index in [2.05, 4.69) is 0 Å². The molecule has 0 heterocycles.